The number of carbonyl (C=O) groups excluding carboxylic acids is 1. The van der Waals surface area contributed by atoms with Crippen LogP contribution >= 0.6 is 0 Å². The Hall–Kier alpha value is -1.92. The Morgan fingerprint density at radius 3 is 2.39 bits per heavy atom. The lowest BCUT2D eigenvalue weighted by Crippen LogP contribution is -2.47. The average Bonchev–Trinajstić information content (AvgIpc) is 2.53. The number of nitrogens with one attached hydrogen (secondary N) is 2. The van der Waals surface area contributed by atoms with Crippen molar-refractivity contribution < 1.29 is 13.2 Å². The average molecular weight is 334 g/mol. The van der Waals surface area contributed by atoms with E-state index in [0.717, 1.165) is 17.2 Å². The van der Waals surface area contributed by atoms with Gasteiger partial charge < -0.3 is 5.32 Å². The summed E-state index contributed by atoms with van der Waals surface area (Å²) in [5, 5.41) is 4.57. The van der Waals surface area contributed by atoms with Gasteiger partial charge >= 0.3 is 0 Å². The largest absolute Gasteiger partial charge is 0.352 e. The molecule has 2 aromatic rings. The van der Waals surface area contributed by atoms with Crippen molar-refractivity contribution in [3.63, 3.8) is 0 Å². The van der Waals surface area contributed by atoms with Gasteiger partial charge in [-0.1, -0.05) is 37.3 Å². The van der Waals surface area contributed by atoms with Crippen LogP contribution < -0.4 is 10.0 Å². The van der Waals surface area contributed by atoms with Gasteiger partial charge in [0.15, 0.2) is 0 Å². The van der Waals surface area contributed by atoms with Crippen molar-refractivity contribution in [1.82, 2.24) is 10.0 Å². The SMILES string of the molecule is CC[C@H](C)NC(=O)[C@@H](C)NS(=O)(=O)c1ccc2ccccc2c1. The number of hydrogen-bond donors (Lipinski definition) is 2. The summed E-state index contributed by atoms with van der Waals surface area (Å²) in [5.74, 6) is -0.330. The lowest BCUT2D eigenvalue weighted by Gasteiger charge is -2.17. The van der Waals surface area contributed by atoms with Crippen LogP contribution in [0.1, 0.15) is 27.2 Å². The van der Waals surface area contributed by atoms with Crippen molar-refractivity contribution in [3.8, 4) is 0 Å². The maximum Gasteiger partial charge on any atom is 0.241 e. The topological polar surface area (TPSA) is 75.3 Å². The quantitative estimate of drug-likeness (QED) is 0.852. The van der Waals surface area contributed by atoms with Crippen LogP contribution in [-0.4, -0.2) is 26.4 Å². The molecular formula is C17H22N2O3S. The molecule has 0 saturated heterocycles. The smallest absolute Gasteiger partial charge is 0.241 e. The molecular weight excluding hydrogens is 312 g/mol. The zero-order chi connectivity index (χ0) is 17.0. The van der Waals surface area contributed by atoms with Crippen molar-refractivity contribution in [1.29, 1.82) is 0 Å². The normalized spacial score (nSPS) is 14.4. The van der Waals surface area contributed by atoms with Gasteiger partial charge in [0.05, 0.1) is 10.9 Å². The minimum absolute atomic E-state index is 0.00937. The van der Waals surface area contributed by atoms with E-state index in [1.54, 1.807) is 18.2 Å². The van der Waals surface area contributed by atoms with Gasteiger partial charge in [0, 0.05) is 6.04 Å². The molecule has 0 heterocycles. The molecule has 0 fully saturated rings. The summed E-state index contributed by atoms with van der Waals surface area (Å²) in [6.07, 6.45) is 0.788. The molecule has 5 nitrogen and oxygen atoms in total. The summed E-state index contributed by atoms with van der Waals surface area (Å²) in [6, 6.07) is 11.6. The van der Waals surface area contributed by atoms with Crippen LogP contribution in [0, 0.1) is 0 Å². The van der Waals surface area contributed by atoms with Crippen LogP contribution in [0.4, 0.5) is 0 Å². The molecule has 0 bridgehead atoms. The van der Waals surface area contributed by atoms with Crippen LogP contribution in [0.3, 0.4) is 0 Å². The highest BCUT2D eigenvalue weighted by Crippen LogP contribution is 2.19. The molecule has 2 aromatic carbocycles. The number of sulfonamides is 1. The Kier molecular flexibility index (Phi) is 5.38. The zero-order valence-corrected chi connectivity index (χ0v) is 14.4. The number of hydrogen-bond acceptors (Lipinski definition) is 3. The van der Waals surface area contributed by atoms with Gasteiger partial charge in [0.1, 0.15) is 0 Å². The third-order valence-electron chi connectivity index (χ3n) is 3.76. The van der Waals surface area contributed by atoms with Crippen molar-refractivity contribution in [2.45, 2.75) is 44.2 Å². The van der Waals surface area contributed by atoms with E-state index in [1.807, 2.05) is 38.1 Å². The van der Waals surface area contributed by atoms with E-state index in [2.05, 4.69) is 10.0 Å². The predicted octanol–water partition coefficient (Wildman–Crippen LogP) is 2.42. The molecule has 124 valence electrons. The first-order valence-corrected chi connectivity index (χ1v) is 9.13. The summed E-state index contributed by atoms with van der Waals surface area (Å²) in [7, 11) is -3.75. The number of amides is 1. The lowest BCUT2D eigenvalue weighted by molar-refractivity contribution is -0.122. The van der Waals surface area contributed by atoms with Gasteiger partial charge in [-0.25, -0.2) is 8.42 Å². The van der Waals surface area contributed by atoms with Crippen molar-refractivity contribution in [3.05, 3.63) is 42.5 Å². The maximum absolute atomic E-state index is 12.5. The molecule has 0 unspecified atom stereocenters. The third-order valence-corrected chi connectivity index (χ3v) is 5.30. The van der Waals surface area contributed by atoms with Crippen molar-refractivity contribution in [2.75, 3.05) is 0 Å². The number of carbonyl (C=O) groups is 1. The lowest BCUT2D eigenvalue weighted by atomic mass is 10.1. The second-order valence-electron chi connectivity index (χ2n) is 5.67. The molecule has 0 aliphatic rings. The minimum atomic E-state index is -3.75. The monoisotopic (exact) mass is 334 g/mol. The molecule has 0 aliphatic heterocycles. The van der Waals surface area contributed by atoms with E-state index in [0.29, 0.717) is 0 Å². The van der Waals surface area contributed by atoms with Crippen LogP contribution in [-0.2, 0) is 14.8 Å². The van der Waals surface area contributed by atoms with Gasteiger partial charge in [0.25, 0.3) is 0 Å². The molecule has 0 aromatic heterocycles. The first kappa shape index (κ1) is 17.4. The van der Waals surface area contributed by atoms with Gasteiger partial charge in [-0.05, 0) is 43.2 Å². The van der Waals surface area contributed by atoms with E-state index in [9.17, 15) is 13.2 Å². The molecule has 2 rings (SSSR count). The fraction of sp³-hybridized carbons (Fsp3) is 0.353. The Labute approximate surface area is 137 Å². The molecule has 2 N–H and O–H groups in total. The van der Waals surface area contributed by atoms with E-state index in [4.69, 9.17) is 0 Å². The maximum atomic E-state index is 12.5. The highest BCUT2D eigenvalue weighted by molar-refractivity contribution is 7.89. The summed E-state index contributed by atoms with van der Waals surface area (Å²) >= 11 is 0. The van der Waals surface area contributed by atoms with Crippen LogP contribution in [0.15, 0.2) is 47.4 Å². The highest BCUT2D eigenvalue weighted by Gasteiger charge is 2.22. The first-order chi connectivity index (χ1) is 10.8. The molecule has 0 aliphatic carbocycles. The van der Waals surface area contributed by atoms with Crippen LogP contribution in [0.25, 0.3) is 10.8 Å². The fourth-order valence-electron chi connectivity index (χ4n) is 2.16. The summed E-state index contributed by atoms with van der Waals surface area (Å²) in [4.78, 5) is 12.1. The standard InChI is InChI=1S/C17H22N2O3S/c1-4-12(2)18-17(20)13(3)19-23(21,22)16-10-9-14-7-5-6-8-15(14)11-16/h5-13,19H,4H2,1-3H3,(H,18,20)/t12-,13+/m0/s1. The summed E-state index contributed by atoms with van der Waals surface area (Å²) < 4.78 is 27.3. The summed E-state index contributed by atoms with van der Waals surface area (Å²) in [5.41, 5.74) is 0. The second kappa shape index (κ2) is 7.10. The van der Waals surface area contributed by atoms with E-state index in [-0.39, 0.29) is 16.8 Å². The highest BCUT2D eigenvalue weighted by atomic mass is 32.2. The number of fused-ring (bicyclic) bond motifs is 1. The van der Waals surface area contributed by atoms with Crippen molar-refractivity contribution in [2.24, 2.45) is 0 Å². The first-order valence-electron chi connectivity index (χ1n) is 7.65. The van der Waals surface area contributed by atoms with Crippen molar-refractivity contribution >= 4 is 26.7 Å². The predicted molar refractivity (Wildman–Crippen MR) is 91.6 cm³/mol. The Morgan fingerprint density at radius 1 is 1.09 bits per heavy atom. The van der Waals surface area contributed by atoms with Gasteiger partial charge in [-0.15, -0.1) is 0 Å². The fourth-order valence-corrected chi connectivity index (χ4v) is 3.40. The Balaban J connectivity index is 2.18. The minimum Gasteiger partial charge on any atom is -0.352 e. The van der Waals surface area contributed by atoms with E-state index in [1.165, 1.54) is 6.92 Å². The van der Waals surface area contributed by atoms with Crippen LogP contribution in [0.5, 0.6) is 0 Å². The molecule has 0 saturated carbocycles. The van der Waals surface area contributed by atoms with Gasteiger partial charge in [-0.2, -0.15) is 4.72 Å². The number of rotatable bonds is 6. The Morgan fingerprint density at radius 2 is 1.74 bits per heavy atom. The third kappa shape index (κ3) is 4.30. The molecule has 0 spiro atoms. The van der Waals surface area contributed by atoms with E-state index < -0.39 is 16.1 Å². The number of benzene rings is 2. The molecule has 23 heavy (non-hydrogen) atoms. The molecule has 2 atom stereocenters. The second-order valence-corrected chi connectivity index (χ2v) is 7.38. The summed E-state index contributed by atoms with van der Waals surface area (Å²) in [6.45, 7) is 5.37. The van der Waals surface area contributed by atoms with Gasteiger partial charge in [-0.3, -0.25) is 4.79 Å². The zero-order valence-electron chi connectivity index (χ0n) is 13.5. The van der Waals surface area contributed by atoms with E-state index >= 15 is 0 Å². The molecule has 0 radical (unpaired) electrons. The Bertz CT molecular complexity index is 802. The molecule has 1 amide bonds. The van der Waals surface area contributed by atoms with Gasteiger partial charge in [0.2, 0.25) is 15.9 Å². The van der Waals surface area contributed by atoms with Crippen LogP contribution in [0.2, 0.25) is 0 Å². The molecule has 6 heteroatoms.